The van der Waals surface area contributed by atoms with E-state index in [4.69, 9.17) is 5.11 Å². The van der Waals surface area contributed by atoms with Gasteiger partial charge in [0.2, 0.25) is 0 Å². The minimum Gasteiger partial charge on any atom is -0.478 e. The molecule has 0 amide bonds. The summed E-state index contributed by atoms with van der Waals surface area (Å²) in [5, 5.41) is 8.57. The molecule has 2 rings (SSSR count). The second-order valence-electron chi connectivity index (χ2n) is 4.86. The van der Waals surface area contributed by atoms with E-state index in [1.54, 1.807) is 0 Å². The molecular formula is C12H16N2O4S. The molecule has 0 aromatic carbocycles. The number of hydrogen-bond donors (Lipinski definition) is 2. The third-order valence-electron chi connectivity index (χ3n) is 3.28. The highest BCUT2D eigenvalue weighted by Crippen LogP contribution is 2.36. The van der Waals surface area contributed by atoms with Crippen molar-refractivity contribution in [2.75, 3.05) is 6.54 Å². The van der Waals surface area contributed by atoms with Crippen LogP contribution < -0.4 is 4.72 Å². The van der Waals surface area contributed by atoms with Crippen LogP contribution in [0, 0.1) is 11.8 Å². The summed E-state index contributed by atoms with van der Waals surface area (Å²) in [5.41, 5.74) is -0.0368. The molecule has 1 aromatic rings. The fraction of sp³-hybridized carbons (Fsp3) is 0.500. The molecule has 104 valence electrons. The van der Waals surface area contributed by atoms with Crippen molar-refractivity contribution in [1.82, 2.24) is 9.71 Å². The Balaban J connectivity index is 2.03. The van der Waals surface area contributed by atoms with Gasteiger partial charge in [-0.2, -0.15) is 0 Å². The van der Waals surface area contributed by atoms with E-state index in [0.29, 0.717) is 18.4 Å². The molecule has 1 atom stereocenters. The molecule has 1 heterocycles. The quantitative estimate of drug-likeness (QED) is 0.815. The van der Waals surface area contributed by atoms with E-state index >= 15 is 0 Å². The van der Waals surface area contributed by atoms with Crippen LogP contribution >= 0.6 is 0 Å². The molecule has 19 heavy (non-hydrogen) atoms. The van der Waals surface area contributed by atoms with Gasteiger partial charge in [-0.3, -0.25) is 0 Å². The van der Waals surface area contributed by atoms with E-state index in [0.717, 1.165) is 19.0 Å². The highest BCUT2D eigenvalue weighted by atomic mass is 32.2. The first-order valence-electron chi connectivity index (χ1n) is 6.09. The van der Waals surface area contributed by atoms with Crippen LogP contribution in [-0.2, 0) is 10.0 Å². The average molecular weight is 284 g/mol. The number of sulfonamides is 1. The zero-order valence-electron chi connectivity index (χ0n) is 10.5. The van der Waals surface area contributed by atoms with Crippen molar-refractivity contribution in [3.8, 4) is 0 Å². The Morgan fingerprint density at radius 2 is 2.21 bits per heavy atom. The van der Waals surface area contributed by atoms with Crippen molar-refractivity contribution in [3.05, 3.63) is 23.9 Å². The Kier molecular flexibility index (Phi) is 3.86. The maximum atomic E-state index is 11.9. The number of aromatic carboxylic acids is 1. The topological polar surface area (TPSA) is 96.4 Å². The highest BCUT2D eigenvalue weighted by molar-refractivity contribution is 7.89. The van der Waals surface area contributed by atoms with Crippen molar-refractivity contribution in [2.24, 2.45) is 11.8 Å². The molecule has 0 aliphatic heterocycles. The van der Waals surface area contributed by atoms with Crippen LogP contribution in [-0.4, -0.2) is 31.0 Å². The number of carbonyl (C=O) groups is 1. The summed E-state index contributed by atoms with van der Waals surface area (Å²) < 4.78 is 26.4. The number of carboxylic acids is 1. The molecule has 0 spiro atoms. The fourth-order valence-electron chi connectivity index (χ4n) is 1.81. The maximum absolute atomic E-state index is 11.9. The Morgan fingerprint density at radius 3 is 2.68 bits per heavy atom. The van der Waals surface area contributed by atoms with Gasteiger partial charge in [0.25, 0.3) is 10.0 Å². The number of hydrogen-bond acceptors (Lipinski definition) is 4. The van der Waals surface area contributed by atoms with E-state index in [1.165, 1.54) is 12.1 Å². The molecule has 0 saturated heterocycles. The molecule has 1 fully saturated rings. The molecular weight excluding hydrogens is 268 g/mol. The average Bonchev–Trinajstić information content (AvgIpc) is 3.20. The third kappa shape index (κ3) is 3.51. The molecule has 1 aliphatic carbocycles. The molecule has 7 heteroatoms. The van der Waals surface area contributed by atoms with Crippen LogP contribution in [0.5, 0.6) is 0 Å². The SMILES string of the molecule is CC(CNS(=O)(=O)c1ccc(C(=O)O)cn1)C1CC1. The number of aromatic nitrogens is 1. The van der Waals surface area contributed by atoms with Gasteiger partial charge in [-0.25, -0.2) is 22.9 Å². The molecule has 0 bridgehead atoms. The third-order valence-corrected chi connectivity index (χ3v) is 4.62. The van der Waals surface area contributed by atoms with Crippen LogP contribution in [0.4, 0.5) is 0 Å². The first kappa shape index (κ1) is 14.0. The smallest absolute Gasteiger partial charge is 0.337 e. The number of nitrogens with one attached hydrogen (secondary N) is 1. The lowest BCUT2D eigenvalue weighted by atomic mass is 10.1. The fourth-order valence-corrected chi connectivity index (χ4v) is 2.88. The van der Waals surface area contributed by atoms with Crippen molar-refractivity contribution in [2.45, 2.75) is 24.8 Å². The molecule has 1 aromatic heterocycles. The van der Waals surface area contributed by atoms with Crippen molar-refractivity contribution in [1.29, 1.82) is 0 Å². The molecule has 1 unspecified atom stereocenters. The standard InChI is InChI=1S/C12H16N2O4S/c1-8(9-2-3-9)6-14-19(17,18)11-5-4-10(7-13-11)12(15)16/h4-5,7-9,14H,2-3,6H2,1H3,(H,15,16). The van der Waals surface area contributed by atoms with Crippen molar-refractivity contribution >= 4 is 16.0 Å². The van der Waals surface area contributed by atoms with Crippen LogP contribution in [0.15, 0.2) is 23.4 Å². The summed E-state index contributed by atoms with van der Waals surface area (Å²) >= 11 is 0. The summed E-state index contributed by atoms with van der Waals surface area (Å²) in [7, 11) is -3.66. The normalized spacial score (nSPS) is 17.1. The molecule has 1 aliphatic rings. The Labute approximate surface area is 111 Å². The van der Waals surface area contributed by atoms with Gasteiger partial charge in [0, 0.05) is 12.7 Å². The molecule has 6 nitrogen and oxygen atoms in total. The summed E-state index contributed by atoms with van der Waals surface area (Å²) in [4.78, 5) is 14.3. The minimum atomic E-state index is -3.66. The van der Waals surface area contributed by atoms with E-state index in [2.05, 4.69) is 9.71 Å². The number of rotatable bonds is 6. The van der Waals surface area contributed by atoms with Crippen LogP contribution in [0.1, 0.15) is 30.1 Å². The summed E-state index contributed by atoms with van der Waals surface area (Å²) in [6.45, 7) is 2.40. The zero-order chi connectivity index (χ0) is 14.0. The lowest BCUT2D eigenvalue weighted by Crippen LogP contribution is -2.29. The highest BCUT2D eigenvalue weighted by Gasteiger charge is 2.29. The number of carboxylic acid groups (broad SMARTS) is 1. The van der Waals surface area contributed by atoms with E-state index < -0.39 is 16.0 Å². The first-order valence-corrected chi connectivity index (χ1v) is 7.57. The predicted molar refractivity (Wildman–Crippen MR) is 68.3 cm³/mol. The summed E-state index contributed by atoms with van der Waals surface area (Å²) in [6.07, 6.45) is 3.37. The second-order valence-corrected chi connectivity index (χ2v) is 6.57. The monoisotopic (exact) mass is 284 g/mol. The van der Waals surface area contributed by atoms with E-state index in [1.807, 2.05) is 6.92 Å². The Morgan fingerprint density at radius 1 is 1.53 bits per heavy atom. The Hall–Kier alpha value is -1.47. The van der Waals surface area contributed by atoms with Crippen LogP contribution in [0.25, 0.3) is 0 Å². The molecule has 0 radical (unpaired) electrons. The van der Waals surface area contributed by atoms with E-state index in [9.17, 15) is 13.2 Å². The lowest BCUT2D eigenvalue weighted by molar-refractivity contribution is 0.0696. The van der Waals surface area contributed by atoms with Crippen molar-refractivity contribution < 1.29 is 18.3 Å². The summed E-state index contributed by atoms with van der Waals surface area (Å²) in [5.74, 6) is -0.204. The first-order chi connectivity index (χ1) is 8.90. The molecule has 2 N–H and O–H groups in total. The van der Waals surface area contributed by atoms with E-state index in [-0.39, 0.29) is 10.6 Å². The summed E-state index contributed by atoms with van der Waals surface area (Å²) in [6, 6.07) is 2.43. The second kappa shape index (κ2) is 5.26. The lowest BCUT2D eigenvalue weighted by Gasteiger charge is -2.11. The van der Waals surface area contributed by atoms with Gasteiger partial charge in [-0.05, 0) is 36.8 Å². The zero-order valence-corrected chi connectivity index (χ0v) is 11.4. The number of pyridine rings is 1. The molecule has 1 saturated carbocycles. The predicted octanol–water partition coefficient (Wildman–Crippen LogP) is 1.10. The van der Waals surface area contributed by atoms with Gasteiger partial charge in [0.1, 0.15) is 0 Å². The van der Waals surface area contributed by atoms with Gasteiger partial charge < -0.3 is 5.11 Å². The van der Waals surface area contributed by atoms with Crippen LogP contribution in [0.3, 0.4) is 0 Å². The van der Waals surface area contributed by atoms with Gasteiger partial charge in [-0.1, -0.05) is 6.92 Å². The maximum Gasteiger partial charge on any atom is 0.337 e. The Bertz CT molecular complexity index is 564. The largest absolute Gasteiger partial charge is 0.478 e. The van der Waals surface area contributed by atoms with Gasteiger partial charge in [-0.15, -0.1) is 0 Å². The van der Waals surface area contributed by atoms with Gasteiger partial charge in [0.15, 0.2) is 5.03 Å². The van der Waals surface area contributed by atoms with Crippen molar-refractivity contribution in [3.63, 3.8) is 0 Å². The van der Waals surface area contributed by atoms with Gasteiger partial charge >= 0.3 is 5.97 Å². The number of nitrogens with zero attached hydrogens (tertiary/aromatic N) is 1. The minimum absolute atomic E-state index is 0.0368. The van der Waals surface area contributed by atoms with Crippen LogP contribution in [0.2, 0.25) is 0 Å². The van der Waals surface area contributed by atoms with Gasteiger partial charge in [0.05, 0.1) is 5.56 Å².